The van der Waals surface area contributed by atoms with Crippen LogP contribution in [0.25, 0.3) is 21.9 Å². The first-order valence-electron chi connectivity index (χ1n) is 10.0. The highest BCUT2D eigenvalue weighted by atomic mass is 35.5. The van der Waals surface area contributed by atoms with Crippen molar-refractivity contribution in [1.29, 1.82) is 0 Å². The van der Waals surface area contributed by atoms with Crippen LogP contribution in [-0.2, 0) is 6.42 Å². The molecule has 2 aromatic heterocycles. The fourth-order valence-corrected chi connectivity index (χ4v) is 4.56. The van der Waals surface area contributed by atoms with Crippen LogP contribution in [0.3, 0.4) is 0 Å². The van der Waals surface area contributed by atoms with Crippen LogP contribution in [0.2, 0.25) is 0 Å². The van der Waals surface area contributed by atoms with Crippen LogP contribution in [0.5, 0.6) is 0 Å². The summed E-state index contributed by atoms with van der Waals surface area (Å²) in [7, 11) is 0. The molecule has 2 aromatic carbocycles. The van der Waals surface area contributed by atoms with Gasteiger partial charge >= 0.3 is 0 Å². The maximum Gasteiger partial charge on any atom is 0.107 e. The van der Waals surface area contributed by atoms with E-state index in [4.69, 9.17) is 4.98 Å². The average molecular weight is 392 g/mol. The lowest BCUT2D eigenvalue weighted by Crippen LogP contribution is -2.16. The molecule has 0 unspecified atom stereocenters. The van der Waals surface area contributed by atoms with Crippen molar-refractivity contribution in [3.63, 3.8) is 0 Å². The predicted octanol–water partition coefficient (Wildman–Crippen LogP) is 6.36. The number of H-pyrrole nitrogens is 1. The second kappa shape index (κ2) is 7.92. The first-order chi connectivity index (χ1) is 13.2. The zero-order chi connectivity index (χ0) is 18.2. The van der Waals surface area contributed by atoms with E-state index in [1.807, 2.05) is 0 Å². The zero-order valence-corrected chi connectivity index (χ0v) is 17.0. The third-order valence-electron chi connectivity index (χ3n) is 6.10. The van der Waals surface area contributed by atoms with Crippen LogP contribution < -0.4 is 0 Å². The average Bonchev–Trinajstić information content (AvgIpc) is 3.09. The number of aromatic amines is 1. The van der Waals surface area contributed by atoms with Gasteiger partial charge in [0.05, 0.1) is 16.6 Å². The summed E-state index contributed by atoms with van der Waals surface area (Å²) in [6.07, 6.45) is 8.21. The van der Waals surface area contributed by atoms with Crippen LogP contribution in [-0.4, -0.2) is 15.0 Å². The lowest BCUT2D eigenvalue weighted by molar-refractivity contribution is 0.321. The number of benzene rings is 2. The van der Waals surface area contributed by atoms with Crippen molar-refractivity contribution in [2.24, 2.45) is 5.92 Å². The number of pyridine rings is 1. The number of nitrogens with one attached hydrogen (secondary N) is 1. The van der Waals surface area contributed by atoms with Gasteiger partial charge in [-0.1, -0.05) is 24.3 Å². The Kier molecular flexibility index (Phi) is 5.36. The van der Waals surface area contributed by atoms with Gasteiger partial charge in [0, 0.05) is 18.0 Å². The van der Waals surface area contributed by atoms with Crippen molar-refractivity contribution < 1.29 is 0 Å². The van der Waals surface area contributed by atoms with Gasteiger partial charge in [-0.2, -0.15) is 0 Å². The fraction of sp³-hybridized carbons (Fsp3) is 0.333. The van der Waals surface area contributed by atoms with Crippen molar-refractivity contribution in [3.05, 3.63) is 71.7 Å². The van der Waals surface area contributed by atoms with E-state index in [0.29, 0.717) is 5.92 Å². The Morgan fingerprint density at radius 3 is 2.64 bits per heavy atom. The third-order valence-corrected chi connectivity index (χ3v) is 6.10. The topological polar surface area (TPSA) is 41.6 Å². The van der Waals surface area contributed by atoms with Gasteiger partial charge in [0.15, 0.2) is 0 Å². The molecule has 1 aliphatic carbocycles. The minimum Gasteiger partial charge on any atom is -0.342 e. The van der Waals surface area contributed by atoms with E-state index < -0.39 is 0 Å². The summed E-state index contributed by atoms with van der Waals surface area (Å²) in [6.45, 7) is 2.13. The summed E-state index contributed by atoms with van der Waals surface area (Å²) in [5.41, 5.74) is 6.04. The van der Waals surface area contributed by atoms with Gasteiger partial charge in [-0.05, 0) is 79.8 Å². The van der Waals surface area contributed by atoms with E-state index in [9.17, 15) is 0 Å². The number of aryl methyl sites for hydroxylation is 1. The molecule has 1 saturated carbocycles. The molecule has 1 N–H and O–H groups in total. The molecule has 0 spiro atoms. The highest BCUT2D eigenvalue weighted by Gasteiger charge is 2.23. The maximum atomic E-state index is 4.79. The Labute approximate surface area is 172 Å². The Balaban J connectivity index is 0.00000192. The molecule has 0 radical (unpaired) electrons. The largest absolute Gasteiger partial charge is 0.342 e. The molecule has 1 aliphatic rings. The number of hydrogen-bond acceptors (Lipinski definition) is 2. The highest BCUT2D eigenvalue weighted by Crippen LogP contribution is 2.37. The summed E-state index contributed by atoms with van der Waals surface area (Å²) in [6, 6.07) is 17.2. The summed E-state index contributed by atoms with van der Waals surface area (Å²) in [5.74, 6) is 2.53. The standard InChI is InChI=1S/C24H25N3.ClH/c1-16-6-11-22-23(12-16)27-24(26-22)13-17-7-9-18(10-8-17)20-14-19-4-2-3-5-21(19)25-15-20;/h2-6,11-12,14-15,17-18H,7-10,13H2,1H3,(H,26,27);1H. The van der Waals surface area contributed by atoms with Gasteiger partial charge in [-0.15, -0.1) is 12.4 Å². The summed E-state index contributed by atoms with van der Waals surface area (Å²) < 4.78 is 0. The van der Waals surface area contributed by atoms with Crippen LogP contribution in [0.4, 0.5) is 0 Å². The van der Waals surface area contributed by atoms with Crippen LogP contribution in [0, 0.1) is 12.8 Å². The number of nitrogens with zero attached hydrogens (tertiary/aromatic N) is 2. The zero-order valence-electron chi connectivity index (χ0n) is 16.2. The van der Waals surface area contributed by atoms with E-state index in [1.54, 1.807) is 0 Å². The van der Waals surface area contributed by atoms with E-state index in [1.165, 1.54) is 47.7 Å². The predicted molar refractivity (Wildman–Crippen MR) is 118 cm³/mol. The minimum atomic E-state index is 0. The van der Waals surface area contributed by atoms with Crippen molar-refractivity contribution in [1.82, 2.24) is 15.0 Å². The van der Waals surface area contributed by atoms with E-state index in [0.717, 1.165) is 29.2 Å². The summed E-state index contributed by atoms with van der Waals surface area (Å²) in [4.78, 5) is 13.0. The summed E-state index contributed by atoms with van der Waals surface area (Å²) >= 11 is 0. The summed E-state index contributed by atoms with van der Waals surface area (Å²) in [5, 5.41) is 1.26. The van der Waals surface area contributed by atoms with Crippen molar-refractivity contribution in [2.45, 2.75) is 44.9 Å². The number of rotatable bonds is 3. The fourth-order valence-electron chi connectivity index (χ4n) is 4.56. The molecule has 28 heavy (non-hydrogen) atoms. The third kappa shape index (κ3) is 3.77. The van der Waals surface area contributed by atoms with Crippen molar-refractivity contribution >= 4 is 34.3 Å². The molecule has 1 fully saturated rings. The number of halogens is 1. The maximum absolute atomic E-state index is 4.79. The highest BCUT2D eigenvalue weighted by molar-refractivity contribution is 5.85. The van der Waals surface area contributed by atoms with E-state index >= 15 is 0 Å². The number of aromatic nitrogens is 3. The molecule has 0 bridgehead atoms. The Morgan fingerprint density at radius 2 is 1.79 bits per heavy atom. The van der Waals surface area contributed by atoms with Crippen LogP contribution in [0.1, 0.15) is 48.6 Å². The minimum absolute atomic E-state index is 0. The molecule has 0 aliphatic heterocycles. The van der Waals surface area contributed by atoms with Crippen molar-refractivity contribution in [3.8, 4) is 0 Å². The van der Waals surface area contributed by atoms with Gasteiger partial charge < -0.3 is 4.98 Å². The molecule has 144 valence electrons. The molecule has 4 aromatic rings. The van der Waals surface area contributed by atoms with Gasteiger partial charge in [-0.25, -0.2) is 4.98 Å². The second-order valence-corrected chi connectivity index (χ2v) is 8.09. The van der Waals surface area contributed by atoms with Crippen LogP contribution >= 0.6 is 12.4 Å². The molecule has 0 saturated heterocycles. The van der Waals surface area contributed by atoms with Gasteiger partial charge in [0.2, 0.25) is 0 Å². The first-order valence-corrected chi connectivity index (χ1v) is 10.0. The molecule has 4 heteroatoms. The molecular weight excluding hydrogens is 366 g/mol. The second-order valence-electron chi connectivity index (χ2n) is 8.09. The SMILES string of the molecule is Cc1ccc2nc(CC3CCC(c4cnc5ccccc5c4)CC3)[nH]c2c1.Cl. The molecule has 5 rings (SSSR count). The molecule has 0 amide bonds. The lowest BCUT2D eigenvalue weighted by Gasteiger charge is -2.28. The Hall–Kier alpha value is -2.39. The number of imidazole rings is 1. The van der Waals surface area contributed by atoms with Gasteiger partial charge in [0.1, 0.15) is 5.82 Å². The van der Waals surface area contributed by atoms with Gasteiger partial charge in [-0.3, -0.25) is 4.98 Å². The molecular formula is C24H26ClN3. The first kappa shape index (κ1) is 18.9. The Bertz CT molecular complexity index is 1090. The number of hydrogen-bond donors (Lipinski definition) is 1. The Morgan fingerprint density at radius 1 is 0.964 bits per heavy atom. The normalized spacial score (nSPS) is 19.6. The monoisotopic (exact) mass is 391 g/mol. The smallest absolute Gasteiger partial charge is 0.107 e. The molecule has 2 heterocycles. The van der Waals surface area contributed by atoms with Crippen molar-refractivity contribution in [2.75, 3.05) is 0 Å². The van der Waals surface area contributed by atoms with Crippen LogP contribution in [0.15, 0.2) is 54.7 Å². The number of para-hydroxylation sites is 1. The van der Waals surface area contributed by atoms with E-state index in [2.05, 4.69) is 71.6 Å². The quantitative estimate of drug-likeness (QED) is 0.441. The van der Waals surface area contributed by atoms with Gasteiger partial charge in [0.25, 0.3) is 0 Å². The molecule has 3 nitrogen and oxygen atoms in total. The number of fused-ring (bicyclic) bond motifs is 2. The van der Waals surface area contributed by atoms with E-state index in [-0.39, 0.29) is 12.4 Å². The lowest BCUT2D eigenvalue weighted by atomic mass is 9.77. The molecule has 0 atom stereocenters.